The summed E-state index contributed by atoms with van der Waals surface area (Å²) in [7, 11) is 0. The lowest BCUT2D eigenvalue weighted by Crippen LogP contribution is -2.24. The second-order valence-corrected chi connectivity index (χ2v) is 4.79. The van der Waals surface area contributed by atoms with E-state index < -0.39 is 0 Å². The highest BCUT2D eigenvalue weighted by Crippen LogP contribution is 2.38. The third kappa shape index (κ3) is 3.29. The second kappa shape index (κ2) is 6.62. The fourth-order valence-corrected chi connectivity index (χ4v) is 2.34. The van der Waals surface area contributed by atoms with Crippen LogP contribution < -0.4 is 14.8 Å². The van der Waals surface area contributed by atoms with E-state index in [1.807, 2.05) is 12.1 Å². The van der Waals surface area contributed by atoms with Crippen LogP contribution in [0, 0.1) is 0 Å². The summed E-state index contributed by atoms with van der Waals surface area (Å²) in [6.45, 7) is 10.6. The zero-order chi connectivity index (χ0) is 13.7. The van der Waals surface area contributed by atoms with Gasteiger partial charge in [-0.3, -0.25) is 0 Å². The van der Waals surface area contributed by atoms with Gasteiger partial charge in [0.1, 0.15) is 13.2 Å². The maximum absolute atomic E-state index is 5.80. The minimum atomic E-state index is 0.245. The van der Waals surface area contributed by atoms with Crippen LogP contribution in [0.3, 0.4) is 0 Å². The fraction of sp³-hybridized carbons (Fsp3) is 0.500. The van der Waals surface area contributed by atoms with Gasteiger partial charge < -0.3 is 14.8 Å². The first-order valence-electron chi connectivity index (χ1n) is 7.04. The molecule has 0 saturated carbocycles. The highest BCUT2D eigenvalue weighted by molar-refractivity contribution is 5.49. The van der Waals surface area contributed by atoms with E-state index in [0.717, 1.165) is 30.9 Å². The first-order chi connectivity index (χ1) is 9.26. The third-order valence-electron chi connectivity index (χ3n) is 3.42. The number of ether oxygens (including phenoxy) is 2. The van der Waals surface area contributed by atoms with E-state index in [0.29, 0.717) is 13.2 Å². The number of fused-ring (bicyclic) bond motifs is 1. The molecule has 1 aliphatic heterocycles. The van der Waals surface area contributed by atoms with E-state index in [2.05, 4.69) is 31.8 Å². The lowest BCUT2D eigenvalue weighted by atomic mass is 9.97. The molecule has 0 bridgehead atoms. The summed E-state index contributed by atoms with van der Waals surface area (Å²) in [6, 6.07) is 6.36. The predicted molar refractivity (Wildman–Crippen MR) is 77.9 cm³/mol. The van der Waals surface area contributed by atoms with Crippen LogP contribution in [-0.2, 0) is 0 Å². The minimum absolute atomic E-state index is 0.245. The Hall–Kier alpha value is -1.48. The average molecular weight is 261 g/mol. The molecular formula is C16H23NO2. The van der Waals surface area contributed by atoms with Crippen molar-refractivity contribution in [1.82, 2.24) is 5.32 Å². The minimum Gasteiger partial charge on any atom is -0.486 e. The SMILES string of the molecule is C=C(CC)CC(NCC)c1cccc2c1OCCO2. The molecule has 1 atom stereocenters. The molecule has 0 saturated heterocycles. The normalized spacial score (nSPS) is 15.1. The Bertz CT molecular complexity index is 442. The number of rotatable bonds is 6. The monoisotopic (exact) mass is 261 g/mol. The van der Waals surface area contributed by atoms with Gasteiger partial charge in [-0.15, -0.1) is 0 Å². The molecule has 0 radical (unpaired) electrons. The van der Waals surface area contributed by atoms with E-state index in [4.69, 9.17) is 9.47 Å². The number of hydrogen-bond acceptors (Lipinski definition) is 3. The molecule has 0 amide bonds. The summed E-state index contributed by atoms with van der Waals surface area (Å²) in [4.78, 5) is 0. The third-order valence-corrected chi connectivity index (χ3v) is 3.42. The van der Waals surface area contributed by atoms with Crippen molar-refractivity contribution in [2.45, 2.75) is 32.7 Å². The maximum atomic E-state index is 5.80. The van der Waals surface area contributed by atoms with Crippen molar-refractivity contribution in [2.75, 3.05) is 19.8 Å². The molecule has 1 N–H and O–H groups in total. The predicted octanol–water partition coefficient (Wildman–Crippen LogP) is 3.46. The largest absolute Gasteiger partial charge is 0.486 e. The molecule has 0 aliphatic carbocycles. The van der Waals surface area contributed by atoms with Crippen molar-refractivity contribution in [3.05, 3.63) is 35.9 Å². The Morgan fingerprint density at radius 2 is 2.11 bits per heavy atom. The molecule has 3 heteroatoms. The molecular weight excluding hydrogens is 238 g/mol. The van der Waals surface area contributed by atoms with Gasteiger partial charge in [-0.05, 0) is 25.5 Å². The van der Waals surface area contributed by atoms with Crippen LogP contribution in [0.25, 0.3) is 0 Å². The Morgan fingerprint density at radius 1 is 1.32 bits per heavy atom. The maximum Gasteiger partial charge on any atom is 0.166 e. The zero-order valence-electron chi connectivity index (χ0n) is 11.9. The molecule has 0 spiro atoms. The number of nitrogens with one attached hydrogen (secondary N) is 1. The van der Waals surface area contributed by atoms with Gasteiger partial charge >= 0.3 is 0 Å². The van der Waals surface area contributed by atoms with Gasteiger partial charge in [0.25, 0.3) is 0 Å². The first kappa shape index (κ1) is 13.9. The van der Waals surface area contributed by atoms with Crippen molar-refractivity contribution >= 4 is 0 Å². The van der Waals surface area contributed by atoms with Crippen LogP contribution in [-0.4, -0.2) is 19.8 Å². The van der Waals surface area contributed by atoms with E-state index >= 15 is 0 Å². The molecule has 1 aliphatic rings. The summed E-state index contributed by atoms with van der Waals surface area (Å²) in [5, 5.41) is 3.52. The summed E-state index contributed by atoms with van der Waals surface area (Å²) in [5.74, 6) is 1.75. The topological polar surface area (TPSA) is 30.5 Å². The van der Waals surface area contributed by atoms with Crippen molar-refractivity contribution in [2.24, 2.45) is 0 Å². The van der Waals surface area contributed by atoms with Crippen LogP contribution in [0.5, 0.6) is 11.5 Å². The summed E-state index contributed by atoms with van der Waals surface area (Å²) in [6.07, 6.45) is 1.94. The molecule has 1 aromatic rings. The van der Waals surface area contributed by atoms with Crippen LogP contribution in [0.4, 0.5) is 0 Å². The number of hydrogen-bond donors (Lipinski definition) is 1. The van der Waals surface area contributed by atoms with Gasteiger partial charge in [0, 0.05) is 11.6 Å². The summed E-state index contributed by atoms with van der Waals surface area (Å²) >= 11 is 0. The van der Waals surface area contributed by atoms with E-state index in [9.17, 15) is 0 Å². The van der Waals surface area contributed by atoms with Gasteiger partial charge in [0.2, 0.25) is 0 Å². The van der Waals surface area contributed by atoms with Crippen LogP contribution >= 0.6 is 0 Å². The fourth-order valence-electron chi connectivity index (χ4n) is 2.34. The number of benzene rings is 1. The summed E-state index contributed by atoms with van der Waals surface area (Å²) in [5.41, 5.74) is 2.42. The molecule has 2 rings (SSSR count). The lowest BCUT2D eigenvalue weighted by molar-refractivity contribution is 0.168. The van der Waals surface area contributed by atoms with Gasteiger partial charge in [-0.1, -0.05) is 38.1 Å². The van der Waals surface area contributed by atoms with E-state index in [1.165, 1.54) is 11.1 Å². The van der Waals surface area contributed by atoms with Crippen molar-refractivity contribution in [3.8, 4) is 11.5 Å². The summed E-state index contributed by atoms with van der Waals surface area (Å²) < 4.78 is 11.5. The van der Waals surface area contributed by atoms with Crippen molar-refractivity contribution < 1.29 is 9.47 Å². The first-order valence-corrected chi connectivity index (χ1v) is 7.04. The Balaban J connectivity index is 2.27. The van der Waals surface area contributed by atoms with Gasteiger partial charge in [0.05, 0.1) is 0 Å². The Labute approximate surface area is 115 Å². The van der Waals surface area contributed by atoms with Gasteiger partial charge in [0.15, 0.2) is 11.5 Å². The standard InChI is InChI=1S/C16H23NO2/c1-4-12(3)11-14(17-5-2)13-7-6-8-15-16(13)19-10-9-18-15/h6-8,14,17H,3-5,9-11H2,1-2H3. The van der Waals surface area contributed by atoms with Crippen molar-refractivity contribution in [1.29, 1.82) is 0 Å². The van der Waals surface area contributed by atoms with E-state index in [1.54, 1.807) is 0 Å². The highest BCUT2D eigenvalue weighted by atomic mass is 16.6. The lowest BCUT2D eigenvalue weighted by Gasteiger charge is -2.26. The molecule has 0 aromatic heterocycles. The smallest absolute Gasteiger partial charge is 0.166 e. The van der Waals surface area contributed by atoms with Crippen LogP contribution in [0.2, 0.25) is 0 Å². The molecule has 1 aromatic carbocycles. The molecule has 104 valence electrons. The second-order valence-electron chi connectivity index (χ2n) is 4.79. The molecule has 1 unspecified atom stereocenters. The van der Waals surface area contributed by atoms with E-state index in [-0.39, 0.29) is 6.04 Å². The Morgan fingerprint density at radius 3 is 2.84 bits per heavy atom. The van der Waals surface area contributed by atoms with Crippen molar-refractivity contribution in [3.63, 3.8) is 0 Å². The van der Waals surface area contributed by atoms with Gasteiger partial charge in [-0.2, -0.15) is 0 Å². The molecule has 0 fully saturated rings. The quantitative estimate of drug-likeness (QED) is 0.795. The average Bonchev–Trinajstić information content (AvgIpc) is 2.46. The molecule has 19 heavy (non-hydrogen) atoms. The zero-order valence-corrected chi connectivity index (χ0v) is 11.9. The van der Waals surface area contributed by atoms with Crippen LogP contribution in [0.15, 0.2) is 30.4 Å². The number of para-hydroxylation sites is 1. The highest BCUT2D eigenvalue weighted by Gasteiger charge is 2.21. The molecule has 3 nitrogen and oxygen atoms in total. The molecule has 1 heterocycles. The van der Waals surface area contributed by atoms with Crippen LogP contribution in [0.1, 0.15) is 38.3 Å². The Kier molecular flexibility index (Phi) is 4.86. The van der Waals surface area contributed by atoms with Gasteiger partial charge in [-0.25, -0.2) is 0 Å².